The molecule has 0 radical (unpaired) electrons. The smallest absolute Gasteiger partial charge is 0.264 e. The molecule has 0 aliphatic heterocycles. The molecular weight excluding hydrogens is 471 g/mol. The van der Waals surface area contributed by atoms with Gasteiger partial charge in [0.25, 0.3) is 10.0 Å². The molecule has 0 atom stereocenters. The maximum absolute atomic E-state index is 13.3. The summed E-state index contributed by atoms with van der Waals surface area (Å²) in [4.78, 5) is 12.8. The third-order valence-electron chi connectivity index (χ3n) is 4.55. The van der Waals surface area contributed by atoms with Crippen LogP contribution in [0.3, 0.4) is 0 Å². The zero-order valence-electron chi connectivity index (χ0n) is 17.3. The second kappa shape index (κ2) is 10.7. The first-order valence-corrected chi connectivity index (χ1v) is 12.0. The Morgan fingerprint density at radius 3 is 2.31 bits per heavy atom. The van der Waals surface area contributed by atoms with Gasteiger partial charge in [-0.25, -0.2) is 8.42 Å². The molecule has 9 heteroatoms. The number of hydrogen-bond donors (Lipinski definition) is 1. The summed E-state index contributed by atoms with van der Waals surface area (Å²) < 4.78 is 33.1. The van der Waals surface area contributed by atoms with Crippen molar-refractivity contribution in [3.63, 3.8) is 0 Å². The van der Waals surface area contributed by atoms with Crippen LogP contribution in [0.25, 0.3) is 0 Å². The van der Waals surface area contributed by atoms with Crippen LogP contribution in [0.4, 0.5) is 5.69 Å². The number of nitrogens with one attached hydrogen (secondary N) is 1. The fourth-order valence-electron chi connectivity index (χ4n) is 2.96. The summed E-state index contributed by atoms with van der Waals surface area (Å²) in [5, 5.41) is 3.62. The van der Waals surface area contributed by atoms with Crippen molar-refractivity contribution >= 4 is 44.8 Å². The van der Waals surface area contributed by atoms with E-state index in [2.05, 4.69) is 5.32 Å². The minimum atomic E-state index is -3.98. The number of sulfonamides is 1. The summed E-state index contributed by atoms with van der Waals surface area (Å²) in [6.45, 7) is 2.08. The van der Waals surface area contributed by atoms with E-state index in [0.29, 0.717) is 33.7 Å². The van der Waals surface area contributed by atoms with Crippen LogP contribution in [0, 0.1) is 0 Å². The summed E-state index contributed by atoms with van der Waals surface area (Å²) in [6.07, 6.45) is 0. The molecular formula is C23H22Cl2N2O4S. The number of halogens is 2. The fraction of sp³-hybridized carbons (Fsp3) is 0.174. The van der Waals surface area contributed by atoms with Gasteiger partial charge in [0.15, 0.2) is 0 Å². The van der Waals surface area contributed by atoms with Gasteiger partial charge in [-0.05, 0) is 61.0 Å². The van der Waals surface area contributed by atoms with E-state index in [9.17, 15) is 13.2 Å². The quantitative estimate of drug-likeness (QED) is 0.460. The van der Waals surface area contributed by atoms with Gasteiger partial charge in [0.05, 0.1) is 17.2 Å². The highest BCUT2D eigenvalue weighted by atomic mass is 35.5. The standard InChI is InChI=1S/C23H22Cl2N2O4S/c1-2-31-20-12-10-19(11-13-20)27(32(29,30)21-6-4-3-5-7-21)16-23(28)26-15-17-8-9-18(24)14-22(17)25/h3-14H,2,15-16H2,1H3,(H,26,28). The van der Waals surface area contributed by atoms with Gasteiger partial charge in [0.2, 0.25) is 5.91 Å². The molecule has 3 rings (SSSR count). The van der Waals surface area contributed by atoms with Gasteiger partial charge < -0.3 is 10.1 Å². The molecule has 0 unspecified atom stereocenters. The third-order valence-corrected chi connectivity index (χ3v) is 6.92. The van der Waals surface area contributed by atoms with Crippen molar-refractivity contribution in [2.24, 2.45) is 0 Å². The minimum absolute atomic E-state index is 0.0856. The van der Waals surface area contributed by atoms with E-state index in [1.54, 1.807) is 60.7 Å². The van der Waals surface area contributed by atoms with E-state index >= 15 is 0 Å². The van der Waals surface area contributed by atoms with Crippen LogP contribution in [-0.2, 0) is 21.4 Å². The number of carbonyl (C=O) groups excluding carboxylic acids is 1. The van der Waals surface area contributed by atoms with Gasteiger partial charge in [-0.2, -0.15) is 0 Å². The molecule has 0 aromatic heterocycles. The number of carbonyl (C=O) groups is 1. The van der Waals surface area contributed by atoms with Gasteiger partial charge in [-0.1, -0.05) is 47.5 Å². The van der Waals surface area contributed by atoms with Crippen LogP contribution >= 0.6 is 23.2 Å². The SMILES string of the molecule is CCOc1ccc(N(CC(=O)NCc2ccc(Cl)cc2Cl)S(=O)(=O)c2ccccc2)cc1. The molecule has 0 aliphatic rings. The first kappa shape index (κ1) is 23.9. The molecule has 1 amide bonds. The lowest BCUT2D eigenvalue weighted by atomic mass is 10.2. The second-order valence-electron chi connectivity index (χ2n) is 6.76. The second-order valence-corrected chi connectivity index (χ2v) is 9.47. The van der Waals surface area contributed by atoms with E-state index in [0.717, 1.165) is 4.31 Å². The van der Waals surface area contributed by atoms with E-state index in [4.69, 9.17) is 27.9 Å². The molecule has 3 aromatic rings. The average molecular weight is 493 g/mol. The van der Waals surface area contributed by atoms with Gasteiger partial charge in [0, 0.05) is 16.6 Å². The van der Waals surface area contributed by atoms with E-state index < -0.39 is 22.5 Å². The summed E-state index contributed by atoms with van der Waals surface area (Å²) >= 11 is 12.1. The Morgan fingerprint density at radius 2 is 1.69 bits per heavy atom. The van der Waals surface area contributed by atoms with Crippen molar-refractivity contribution in [2.75, 3.05) is 17.5 Å². The van der Waals surface area contributed by atoms with E-state index in [1.165, 1.54) is 12.1 Å². The number of ether oxygens (including phenoxy) is 1. The predicted octanol–water partition coefficient (Wildman–Crippen LogP) is 4.90. The predicted molar refractivity (Wildman–Crippen MR) is 127 cm³/mol. The number of rotatable bonds is 9. The Kier molecular flexibility index (Phi) is 8.01. The van der Waals surface area contributed by atoms with Crippen molar-refractivity contribution in [2.45, 2.75) is 18.4 Å². The lowest BCUT2D eigenvalue weighted by molar-refractivity contribution is -0.119. The Bertz CT molecular complexity index is 1170. The molecule has 0 aliphatic carbocycles. The van der Waals surface area contributed by atoms with Crippen LogP contribution in [0.1, 0.15) is 12.5 Å². The molecule has 3 aromatic carbocycles. The van der Waals surface area contributed by atoms with E-state index in [1.807, 2.05) is 6.92 Å². The Labute approximate surface area is 197 Å². The first-order chi connectivity index (χ1) is 15.3. The average Bonchev–Trinajstić information content (AvgIpc) is 2.78. The summed E-state index contributed by atoms with van der Waals surface area (Å²) in [6, 6.07) is 19.5. The summed E-state index contributed by atoms with van der Waals surface area (Å²) in [5.41, 5.74) is 1.01. The Morgan fingerprint density at radius 1 is 1.00 bits per heavy atom. The van der Waals surface area contributed by atoms with Gasteiger partial charge in [0.1, 0.15) is 12.3 Å². The maximum Gasteiger partial charge on any atom is 0.264 e. The molecule has 1 N–H and O–H groups in total. The molecule has 6 nitrogen and oxygen atoms in total. The first-order valence-electron chi connectivity index (χ1n) is 9.82. The molecule has 0 bridgehead atoms. The lowest BCUT2D eigenvalue weighted by Gasteiger charge is -2.24. The monoisotopic (exact) mass is 492 g/mol. The largest absolute Gasteiger partial charge is 0.494 e. The third kappa shape index (κ3) is 5.94. The number of benzene rings is 3. The van der Waals surface area contributed by atoms with Crippen LogP contribution in [0.2, 0.25) is 10.0 Å². The number of amides is 1. The van der Waals surface area contributed by atoms with Crippen molar-refractivity contribution in [3.8, 4) is 5.75 Å². The van der Waals surface area contributed by atoms with Crippen LogP contribution in [0.5, 0.6) is 5.75 Å². The van der Waals surface area contributed by atoms with Crippen molar-refractivity contribution < 1.29 is 17.9 Å². The highest BCUT2D eigenvalue weighted by Crippen LogP contribution is 2.26. The highest BCUT2D eigenvalue weighted by Gasteiger charge is 2.27. The molecule has 32 heavy (non-hydrogen) atoms. The number of anilines is 1. The topological polar surface area (TPSA) is 75.7 Å². The molecule has 0 saturated heterocycles. The van der Waals surface area contributed by atoms with E-state index in [-0.39, 0.29) is 11.4 Å². The number of nitrogens with zero attached hydrogens (tertiary/aromatic N) is 1. The highest BCUT2D eigenvalue weighted by molar-refractivity contribution is 7.92. The summed E-state index contributed by atoms with van der Waals surface area (Å²) in [7, 11) is -3.98. The molecule has 0 spiro atoms. The zero-order valence-corrected chi connectivity index (χ0v) is 19.6. The number of hydrogen-bond acceptors (Lipinski definition) is 4. The van der Waals surface area contributed by atoms with Crippen LogP contribution < -0.4 is 14.4 Å². The molecule has 0 fully saturated rings. The van der Waals surface area contributed by atoms with Gasteiger partial charge in [-0.3, -0.25) is 9.10 Å². The zero-order chi connectivity index (χ0) is 23.1. The lowest BCUT2D eigenvalue weighted by Crippen LogP contribution is -2.40. The minimum Gasteiger partial charge on any atom is -0.494 e. The Hall–Kier alpha value is -2.74. The molecule has 0 heterocycles. The fourth-order valence-corrected chi connectivity index (χ4v) is 4.87. The van der Waals surface area contributed by atoms with Gasteiger partial charge >= 0.3 is 0 Å². The summed E-state index contributed by atoms with van der Waals surface area (Å²) in [5.74, 6) is 0.125. The molecule has 168 valence electrons. The Balaban J connectivity index is 1.84. The van der Waals surface area contributed by atoms with Crippen LogP contribution in [-0.4, -0.2) is 27.5 Å². The molecule has 0 saturated carbocycles. The van der Waals surface area contributed by atoms with Crippen molar-refractivity contribution in [3.05, 3.63) is 88.4 Å². The van der Waals surface area contributed by atoms with Crippen molar-refractivity contribution in [1.29, 1.82) is 0 Å². The van der Waals surface area contributed by atoms with Crippen molar-refractivity contribution in [1.82, 2.24) is 5.32 Å². The van der Waals surface area contributed by atoms with Crippen LogP contribution in [0.15, 0.2) is 77.7 Å². The normalized spacial score (nSPS) is 11.1. The maximum atomic E-state index is 13.3. The van der Waals surface area contributed by atoms with Gasteiger partial charge in [-0.15, -0.1) is 0 Å².